The number of carboxylic acid groups (broad SMARTS) is 1. The number of fused-ring (bicyclic) bond motifs is 1. The third-order valence-electron chi connectivity index (χ3n) is 4.09. The van der Waals surface area contributed by atoms with Crippen LogP contribution in [0.15, 0.2) is 46.9 Å². The van der Waals surface area contributed by atoms with E-state index in [1.807, 2.05) is 25.1 Å². The maximum absolute atomic E-state index is 12.3. The molecule has 1 heterocycles. The highest BCUT2D eigenvalue weighted by Gasteiger charge is 2.22. The van der Waals surface area contributed by atoms with Crippen LogP contribution in [0.3, 0.4) is 0 Å². The van der Waals surface area contributed by atoms with E-state index in [2.05, 4.69) is 5.32 Å². The van der Waals surface area contributed by atoms with Crippen molar-refractivity contribution < 1.29 is 23.8 Å². The van der Waals surface area contributed by atoms with E-state index in [0.29, 0.717) is 16.8 Å². The Labute approximate surface area is 150 Å². The zero-order chi connectivity index (χ0) is 18.7. The summed E-state index contributed by atoms with van der Waals surface area (Å²) >= 11 is 0. The van der Waals surface area contributed by atoms with E-state index in [0.717, 1.165) is 10.9 Å². The standard InChI is InChI=1S/C20H19NO5/c1-3-25-20(24)18-15(13-9-6-7-12(2)17(13)26-18)11-21-16-10-5-4-8-14(16)19(22)23/h4-10,21H,3,11H2,1-2H3,(H,22,23). The van der Waals surface area contributed by atoms with Gasteiger partial charge in [0.2, 0.25) is 5.76 Å². The minimum Gasteiger partial charge on any atom is -0.478 e. The van der Waals surface area contributed by atoms with Crippen LogP contribution in [0.1, 0.15) is 39.0 Å². The Hall–Kier alpha value is -3.28. The first-order chi connectivity index (χ1) is 12.5. The van der Waals surface area contributed by atoms with Crippen molar-refractivity contribution in [3.63, 3.8) is 0 Å². The van der Waals surface area contributed by atoms with Crippen molar-refractivity contribution in [1.82, 2.24) is 0 Å². The molecule has 134 valence electrons. The predicted octanol–water partition coefficient (Wildman–Crippen LogP) is 4.23. The number of para-hydroxylation sites is 2. The van der Waals surface area contributed by atoms with E-state index in [4.69, 9.17) is 9.15 Å². The number of nitrogens with one attached hydrogen (secondary N) is 1. The Morgan fingerprint density at radius 3 is 2.65 bits per heavy atom. The first-order valence-corrected chi connectivity index (χ1v) is 8.27. The highest BCUT2D eigenvalue weighted by molar-refractivity contribution is 5.97. The summed E-state index contributed by atoms with van der Waals surface area (Å²) in [4.78, 5) is 23.7. The van der Waals surface area contributed by atoms with E-state index in [1.165, 1.54) is 6.07 Å². The Morgan fingerprint density at radius 2 is 1.92 bits per heavy atom. The zero-order valence-corrected chi connectivity index (χ0v) is 14.5. The van der Waals surface area contributed by atoms with Gasteiger partial charge in [0, 0.05) is 23.2 Å². The van der Waals surface area contributed by atoms with E-state index in [9.17, 15) is 14.7 Å². The Kier molecular flexibility index (Phi) is 4.93. The van der Waals surface area contributed by atoms with Gasteiger partial charge in [0.05, 0.1) is 12.2 Å². The molecule has 0 bridgehead atoms. The molecule has 0 aliphatic rings. The minimum absolute atomic E-state index is 0.136. The summed E-state index contributed by atoms with van der Waals surface area (Å²) in [7, 11) is 0. The molecule has 2 N–H and O–H groups in total. The van der Waals surface area contributed by atoms with Crippen LogP contribution in [0.2, 0.25) is 0 Å². The van der Waals surface area contributed by atoms with Crippen molar-refractivity contribution >= 4 is 28.6 Å². The van der Waals surface area contributed by atoms with Gasteiger partial charge in [-0.15, -0.1) is 0 Å². The second-order valence-corrected chi connectivity index (χ2v) is 5.79. The van der Waals surface area contributed by atoms with Gasteiger partial charge in [0.25, 0.3) is 0 Å². The molecular formula is C20H19NO5. The predicted molar refractivity (Wildman–Crippen MR) is 97.6 cm³/mol. The molecule has 0 amide bonds. The highest BCUT2D eigenvalue weighted by Crippen LogP contribution is 2.30. The van der Waals surface area contributed by atoms with Gasteiger partial charge in [-0.05, 0) is 31.5 Å². The number of aromatic carboxylic acids is 1. The summed E-state index contributed by atoms with van der Waals surface area (Å²) in [6, 6.07) is 12.3. The number of hydrogen-bond donors (Lipinski definition) is 2. The second-order valence-electron chi connectivity index (χ2n) is 5.79. The highest BCUT2D eigenvalue weighted by atomic mass is 16.5. The molecule has 0 aliphatic carbocycles. The zero-order valence-electron chi connectivity index (χ0n) is 14.5. The molecule has 0 atom stereocenters. The molecule has 26 heavy (non-hydrogen) atoms. The monoisotopic (exact) mass is 353 g/mol. The summed E-state index contributed by atoms with van der Waals surface area (Å²) in [6.45, 7) is 4.10. The summed E-state index contributed by atoms with van der Waals surface area (Å²) in [5.41, 5.74) is 2.80. The molecular weight excluding hydrogens is 334 g/mol. The topological polar surface area (TPSA) is 88.8 Å². The van der Waals surface area contributed by atoms with Gasteiger partial charge in [0.1, 0.15) is 5.58 Å². The molecule has 0 radical (unpaired) electrons. The van der Waals surface area contributed by atoms with Crippen LogP contribution in [0.4, 0.5) is 5.69 Å². The van der Waals surface area contributed by atoms with Crippen LogP contribution in [0.25, 0.3) is 11.0 Å². The quantitative estimate of drug-likeness (QED) is 0.645. The molecule has 0 saturated heterocycles. The third-order valence-corrected chi connectivity index (χ3v) is 4.09. The van der Waals surface area contributed by atoms with Crippen molar-refractivity contribution in [3.05, 3.63) is 64.9 Å². The van der Waals surface area contributed by atoms with Gasteiger partial charge in [-0.1, -0.05) is 30.3 Å². The molecule has 3 rings (SSSR count). The van der Waals surface area contributed by atoms with E-state index < -0.39 is 11.9 Å². The van der Waals surface area contributed by atoms with Crippen LogP contribution < -0.4 is 5.32 Å². The second kappa shape index (κ2) is 7.31. The number of carbonyl (C=O) groups is 2. The van der Waals surface area contributed by atoms with Crippen LogP contribution in [-0.4, -0.2) is 23.7 Å². The molecule has 6 heteroatoms. The van der Waals surface area contributed by atoms with Gasteiger partial charge >= 0.3 is 11.9 Å². The van der Waals surface area contributed by atoms with Crippen molar-refractivity contribution in [1.29, 1.82) is 0 Å². The third kappa shape index (κ3) is 3.26. The molecule has 0 spiro atoms. The average Bonchev–Trinajstić information content (AvgIpc) is 3.00. The van der Waals surface area contributed by atoms with Crippen molar-refractivity contribution in [2.75, 3.05) is 11.9 Å². The average molecular weight is 353 g/mol. The summed E-state index contributed by atoms with van der Waals surface area (Å²) in [6.07, 6.45) is 0. The molecule has 3 aromatic rings. The van der Waals surface area contributed by atoms with E-state index >= 15 is 0 Å². The fraction of sp³-hybridized carbons (Fsp3) is 0.200. The number of aryl methyl sites for hydroxylation is 1. The lowest BCUT2D eigenvalue weighted by Gasteiger charge is -2.10. The molecule has 6 nitrogen and oxygen atoms in total. The van der Waals surface area contributed by atoms with E-state index in [1.54, 1.807) is 25.1 Å². The number of furan rings is 1. The van der Waals surface area contributed by atoms with Gasteiger partial charge in [-0.3, -0.25) is 0 Å². The number of rotatable bonds is 6. The fourth-order valence-corrected chi connectivity index (χ4v) is 2.86. The Balaban J connectivity index is 2.01. The summed E-state index contributed by atoms with van der Waals surface area (Å²) in [5.74, 6) is -1.42. The smallest absolute Gasteiger partial charge is 0.374 e. The molecule has 1 aromatic heterocycles. The van der Waals surface area contributed by atoms with E-state index in [-0.39, 0.29) is 24.5 Å². The normalized spacial score (nSPS) is 10.7. The Morgan fingerprint density at radius 1 is 1.15 bits per heavy atom. The van der Waals surface area contributed by atoms with Crippen LogP contribution in [-0.2, 0) is 11.3 Å². The summed E-state index contributed by atoms with van der Waals surface area (Å²) < 4.78 is 10.9. The molecule has 0 saturated carbocycles. The van der Waals surface area contributed by atoms with Crippen LogP contribution >= 0.6 is 0 Å². The number of carbonyl (C=O) groups excluding carboxylic acids is 1. The van der Waals surface area contributed by atoms with Gasteiger partial charge in [0.15, 0.2) is 0 Å². The van der Waals surface area contributed by atoms with Crippen LogP contribution in [0, 0.1) is 6.92 Å². The minimum atomic E-state index is -1.02. The lowest BCUT2D eigenvalue weighted by Crippen LogP contribution is -2.10. The van der Waals surface area contributed by atoms with Gasteiger partial charge in [-0.2, -0.15) is 0 Å². The number of carboxylic acids is 1. The number of benzene rings is 2. The number of esters is 1. The van der Waals surface area contributed by atoms with Gasteiger partial charge in [-0.25, -0.2) is 9.59 Å². The number of hydrogen-bond acceptors (Lipinski definition) is 5. The van der Waals surface area contributed by atoms with Gasteiger partial charge < -0.3 is 19.6 Å². The molecule has 2 aromatic carbocycles. The lowest BCUT2D eigenvalue weighted by molar-refractivity contribution is 0.0490. The number of ether oxygens (including phenoxy) is 1. The number of anilines is 1. The first-order valence-electron chi connectivity index (χ1n) is 8.27. The molecule has 0 aliphatic heterocycles. The summed E-state index contributed by atoms with van der Waals surface area (Å²) in [5, 5.41) is 13.2. The Bertz CT molecular complexity index is 973. The van der Waals surface area contributed by atoms with Crippen molar-refractivity contribution in [3.8, 4) is 0 Å². The first kappa shape index (κ1) is 17.5. The molecule has 0 unspecified atom stereocenters. The maximum Gasteiger partial charge on any atom is 0.374 e. The molecule has 0 fully saturated rings. The SMILES string of the molecule is CCOC(=O)c1oc2c(C)cccc2c1CNc1ccccc1C(=O)O. The van der Waals surface area contributed by atoms with Crippen molar-refractivity contribution in [2.24, 2.45) is 0 Å². The lowest BCUT2D eigenvalue weighted by atomic mass is 10.1. The van der Waals surface area contributed by atoms with Crippen LogP contribution in [0.5, 0.6) is 0 Å². The fourth-order valence-electron chi connectivity index (χ4n) is 2.86. The van der Waals surface area contributed by atoms with Crippen molar-refractivity contribution in [2.45, 2.75) is 20.4 Å². The largest absolute Gasteiger partial charge is 0.478 e. The maximum atomic E-state index is 12.3.